The van der Waals surface area contributed by atoms with Gasteiger partial charge in [-0.25, -0.2) is 4.98 Å². The molecule has 0 bridgehead atoms. The molecule has 1 heterocycles. The van der Waals surface area contributed by atoms with Gasteiger partial charge in [-0.3, -0.25) is 4.79 Å². The van der Waals surface area contributed by atoms with E-state index in [1.807, 2.05) is 24.3 Å². The van der Waals surface area contributed by atoms with Crippen LogP contribution in [0.25, 0.3) is 20.8 Å². The van der Waals surface area contributed by atoms with Crippen molar-refractivity contribution < 1.29 is 14.3 Å². The Morgan fingerprint density at radius 3 is 2.50 bits per heavy atom. The van der Waals surface area contributed by atoms with E-state index in [4.69, 9.17) is 32.7 Å². The first-order valence-electron chi connectivity index (χ1n) is 8.95. The number of aromatic nitrogens is 1. The van der Waals surface area contributed by atoms with Crippen molar-refractivity contribution >= 4 is 56.3 Å². The Kier molecular flexibility index (Phi) is 6.08. The number of anilines is 1. The number of ether oxygens (including phenoxy) is 2. The molecule has 4 aromatic rings. The summed E-state index contributed by atoms with van der Waals surface area (Å²) in [5.74, 6) is 0.927. The van der Waals surface area contributed by atoms with Crippen LogP contribution >= 0.6 is 34.5 Å². The summed E-state index contributed by atoms with van der Waals surface area (Å²) in [4.78, 5) is 17.0. The lowest BCUT2D eigenvalue weighted by Crippen LogP contribution is -2.20. The first kappa shape index (κ1) is 20.5. The van der Waals surface area contributed by atoms with Gasteiger partial charge in [0.1, 0.15) is 16.5 Å². The number of amides is 1. The molecule has 30 heavy (non-hydrogen) atoms. The number of carbonyl (C=O) groups excluding carboxylic acids is 1. The Bertz CT molecular complexity index is 1180. The minimum Gasteiger partial charge on any atom is -0.497 e. The number of rotatable bonds is 6. The minimum absolute atomic E-state index is 0.165. The van der Waals surface area contributed by atoms with Crippen LogP contribution in [0.2, 0.25) is 10.0 Å². The third kappa shape index (κ3) is 4.51. The molecule has 1 amide bonds. The summed E-state index contributed by atoms with van der Waals surface area (Å²) in [7, 11) is 1.59. The van der Waals surface area contributed by atoms with E-state index in [9.17, 15) is 4.79 Å². The highest BCUT2D eigenvalue weighted by Crippen LogP contribution is 2.38. The van der Waals surface area contributed by atoms with Crippen LogP contribution in [0.1, 0.15) is 0 Å². The molecule has 0 aliphatic heterocycles. The van der Waals surface area contributed by atoms with Crippen molar-refractivity contribution in [2.75, 3.05) is 19.0 Å². The predicted octanol–water partition coefficient (Wildman–Crippen LogP) is 6.30. The molecule has 0 radical (unpaired) electrons. The quantitative estimate of drug-likeness (QED) is 0.368. The van der Waals surface area contributed by atoms with Gasteiger partial charge in [0.25, 0.3) is 5.91 Å². The van der Waals surface area contributed by atoms with Crippen LogP contribution in [0, 0.1) is 0 Å². The van der Waals surface area contributed by atoms with Gasteiger partial charge in [-0.15, -0.1) is 11.3 Å². The number of nitrogens with one attached hydrogen (secondary N) is 1. The Morgan fingerprint density at radius 2 is 1.77 bits per heavy atom. The summed E-state index contributed by atoms with van der Waals surface area (Å²) in [5, 5.41) is 4.32. The smallest absolute Gasteiger partial charge is 0.262 e. The maximum atomic E-state index is 12.4. The zero-order valence-electron chi connectivity index (χ0n) is 15.8. The molecule has 0 fully saturated rings. The van der Waals surface area contributed by atoms with Gasteiger partial charge in [0, 0.05) is 5.56 Å². The van der Waals surface area contributed by atoms with Gasteiger partial charge in [0.05, 0.1) is 33.1 Å². The van der Waals surface area contributed by atoms with Crippen molar-refractivity contribution in [2.24, 2.45) is 0 Å². The molecule has 0 saturated carbocycles. The van der Waals surface area contributed by atoms with Gasteiger partial charge in [-0.05, 0) is 48.5 Å². The van der Waals surface area contributed by atoms with Gasteiger partial charge >= 0.3 is 0 Å². The number of fused-ring (bicyclic) bond motifs is 1. The Hall–Kier alpha value is -2.80. The fourth-order valence-corrected chi connectivity index (χ4v) is 4.38. The molecular formula is C22H16Cl2N2O3S. The van der Waals surface area contributed by atoms with Crippen LogP contribution < -0.4 is 14.8 Å². The maximum absolute atomic E-state index is 12.4. The van der Waals surface area contributed by atoms with Crippen LogP contribution in [0.5, 0.6) is 11.5 Å². The molecule has 0 atom stereocenters. The standard InChI is InChI=1S/C22H16Cl2N2O3S/c1-28-13-6-8-14(9-7-13)29-12-21(27)25-19-10-15(16(23)11-17(19)24)22-26-18-4-2-3-5-20(18)30-22/h2-11H,12H2,1H3,(H,25,27). The van der Waals surface area contributed by atoms with Crippen molar-refractivity contribution in [3.63, 3.8) is 0 Å². The predicted molar refractivity (Wildman–Crippen MR) is 122 cm³/mol. The van der Waals surface area contributed by atoms with Crippen molar-refractivity contribution in [3.05, 3.63) is 70.7 Å². The highest BCUT2D eigenvalue weighted by Gasteiger charge is 2.15. The van der Waals surface area contributed by atoms with E-state index >= 15 is 0 Å². The van der Waals surface area contributed by atoms with Gasteiger partial charge in [0.15, 0.2) is 6.61 Å². The minimum atomic E-state index is -0.342. The lowest BCUT2D eigenvalue weighted by Gasteiger charge is -2.11. The zero-order valence-corrected chi connectivity index (χ0v) is 18.1. The number of nitrogens with zero attached hydrogens (tertiary/aromatic N) is 1. The Balaban J connectivity index is 1.50. The molecule has 0 spiro atoms. The lowest BCUT2D eigenvalue weighted by atomic mass is 10.2. The zero-order chi connectivity index (χ0) is 21.1. The molecule has 0 saturated heterocycles. The number of methoxy groups -OCH3 is 1. The largest absolute Gasteiger partial charge is 0.497 e. The maximum Gasteiger partial charge on any atom is 0.262 e. The number of carbonyl (C=O) groups is 1. The van der Waals surface area contributed by atoms with Crippen molar-refractivity contribution in [2.45, 2.75) is 0 Å². The van der Waals surface area contributed by atoms with Gasteiger partial charge in [0.2, 0.25) is 0 Å². The molecule has 0 unspecified atom stereocenters. The van der Waals surface area contributed by atoms with E-state index in [-0.39, 0.29) is 12.5 Å². The lowest BCUT2D eigenvalue weighted by molar-refractivity contribution is -0.118. The van der Waals surface area contributed by atoms with Crippen LogP contribution in [0.4, 0.5) is 5.69 Å². The second-order valence-electron chi connectivity index (χ2n) is 6.31. The fourth-order valence-electron chi connectivity index (χ4n) is 2.80. The summed E-state index contributed by atoms with van der Waals surface area (Å²) in [5.41, 5.74) is 2.04. The molecule has 3 aromatic carbocycles. The third-order valence-electron chi connectivity index (χ3n) is 4.28. The summed E-state index contributed by atoms with van der Waals surface area (Å²) in [6.07, 6.45) is 0. The highest BCUT2D eigenvalue weighted by atomic mass is 35.5. The topological polar surface area (TPSA) is 60.5 Å². The van der Waals surface area contributed by atoms with Gasteiger partial charge in [-0.2, -0.15) is 0 Å². The van der Waals surface area contributed by atoms with Crippen LogP contribution in [-0.4, -0.2) is 24.6 Å². The van der Waals surface area contributed by atoms with Crippen LogP contribution in [0.15, 0.2) is 60.7 Å². The molecule has 0 aliphatic rings. The summed E-state index contributed by atoms with van der Waals surface area (Å²) in [6.45, 7) is -0.165. The number of benzene rings is 3. The summed E-state index contributed by atoms with van der Waals surface area (Å²) >= 11 is 14.2. The molecule has 1 N–H and O–H groups in total. The molecule has 4 rings (SSSR count). The number of para-hydroxylation sites is 1. The SMILES string of the molecule is COc1ccc(OCC(=O)Nc2cc(-c3nc4ccccc4s3)c(Cl)cc2Cl)cc1. The molecule has 5 nitrogen and oxygen atoms in total. The van der Waals surface area contributed by atoms with Crippen molar-refractivity contribution in [3.8, 4) is 22.1 Å². The number of halogens is 2. The first-order chi connectivity index (χ1) is 14.5. The van der Waals surface area contributed by atoms with E-state index in [1.54, 1.807) is 43.5 Å². The first-order valence-corrected chi connectivity index (χ1v) is 10.5. The molecule has 152 valence electrons. The molecular weight excluding hydrogens is 443 g/mol. The molecule has 1 aromatic heterocycles. The van der Waals surface area contributed by atoms with E-state index in [1.165, 1.54) is 11.3 Å². The second kappa shape index (κ2) is 8.92. The van der Waals surface area contributed by atoms with E-state index in [0.717, 1.165) is 15.2 Å². The van der Waals surface area contributed by atoms with Gasteiger partial charge < -0.3 is 14.8 Å². The van der Waals surface area contributed by atoms with Crippen LogP contribution in [-0.2, 0) is 4.79 Å². The summed E-state index contributed by atoms with van der Waals surface area (Å²) < 4.78 is 11.7. The number of hydrogen-bond acceptors (Lipinski definition) is 5. The highest BCUT2D eigenvalue weighted by molar-refractivity contribution is 7.21. The van der Waals surface area contributed by atoms with Gasteiger partial charge in [-0.1, -0.05) is 35.3 Å². The Morgan fingerprint density at radius 1 is 1.03 bits per heavy atom. The third-order valence-corrected chi connectivity index (χ3v) is 5.98. The number of hydrogen-bond donors (Lipinski definition) is 1. The van der Waals surface area contributed by atoms with E-state index in [0.29, 0.717) is 32.8 Å². The van der Waals surface area contributed by atoms with Crippen molar-refractivity contribution in [1.82, 2.24) is 4.98 Å². The Labute approximate surface area is 187 Å². The summed E-state index contributed by atoms with van der Waals surface area (Å²) in [6, 6.07) is 18.1. The monoisotopic (exact) mass is 458 g/mol. The van der Waals surface area contributed by atoms with E-state index < -0.39 is 0 Å². The average Bonchev–Trinajstić information content (AvgIpc) is 3.18. The molecule has 8 heteroatoms. The number of thiazole rings is 1. The van der Waals surface area contributed by atoms with Crippen LogP contribution in [0.3, 0.4) is 0 Å². The van der Waals surface area contributed by atoms with Crippen molar-refractivity contribution in [1.29, 1.82) is 0 Å². The second-order valence-corrected chi connectivity index (χ2v) is 8.16. The normalized spacial score (nSPS) is 10.8. The molecule has 0 aliphatic carbocycles. The fraction of sp³-hybridized carbons (Fsp3) is 0.0909. The van der Waals surface area contributed by atoms with E-state index in [2.05, 4.69) is 10.3 Å². The average molecular weight is 459 g/mol.